The second-order valence-corrected chi connectivity index (χ2v) is 4.91. The van der Waals surface area contributed by atoms with Crippen molar-refractivity contribution in [1.29, 1.82) is 0 Å². The lowest BCUT2D eigenvalue weighted by Gasteiger charge is -2.03. The fourth-order valence-electron chi connectivity index (χ4n) is 1.39. The monoisotopic (exact) mass is 343 g/mol. The number of nitrogens with one attached hydrogen (secondary N) is 1. The highest BCUT2D eigenvalue weighted by molar-refractivity contribution is 14.1. The van der Waals surface area contributed by atoms with Crippen molar-refractivity contribution in [2.75, 3.05) is 6.54 Å². The quantitative estimate of drug-likeness (QED) is 0.664. The molecule has 0 radical (unpaired) electrons. The summed E-state index contributed by atoms with van der Waals surface area (Å²) in [6.07, 6.45) is 4.83. The van der Waals surface area contributed by atoms with Gasteiger partial charge in [-0.05, 0) is 47.7 Å². The molecule has 0 aliphatic carbocycles. The van der Waals surface area contributed by atoms with Crippen molar-refractivity contribution in [3.63, 3.8) is 0 Å². The van der Waals surface area contributed by atoms with Crippen LogP contribution in [0.4, 0.5) is 0 Å². The summed E-state index contributed by atoms with van der Waals surface area (Å²) < 4.78 is 2.80. The zero-order valence-electron chi connectivity index (χ0n) is 9.60. The van der Waals surface area contributed by atoms with E-state index in [-0.39, 0.29) is 0 Å². The summed E-state index contributed by atoms with van der Waals surface area (Å²) in [7, 11) is 0. The molecule has 0 unspecified atom stereocenters. The van der Waals surface area contributed by atoms with E-state index in [2.05, 4.69) is 50.1 Å². The highest BCUT2D eigenvalue weighted by Gasteiger charge is 2.01. The van der Waals surface area contributed by atoms with Gasteiger partial charge in [-0.25, -0.2) is 4.68 Å². The zero-order valence-corrected chi connectivity index (χ0v) is 11.8. The second-order valence-electron chi connectivity index (χ2n) is 3.66. The SMILES string of the molecule is CCCNCc1ccc(-n2cc(I)cn2)nn1. The van der Waals surface area contributed by atoms with E-state index in [1.54, 1.807) is 10.9 Å². The van der Waals surface area contributed by atoms with Crippen LogP contribution in [0.1, 0.15) is 19.0 Å². The lowest BCUT2D eigenvalue weighted by atomic mass is 10.3. The maximum absolute atomic E-state index is 4.18. The second kappa shape index (κ2) is 6.06. The normalized spacial score (nSPS) is 10.7. The topological polar surface area (TPSA) is 55.6 Å². The number of hydrogen-bond acceptors (Lipinski definition) is 4. The van der Waals surface area contributed by atoms with E-state index in [1.807, 2.05) is 18.3 Å². The number of rotatable bonds is 5. The van der Waals surface area contributed by atoms with E-state index in [0.29, 0.717) is 0 Å². The van der Waals surface area contributed by atoms with Crippen LogP contribution in [0, 0.1) is 3.57 Å². The highest BCUT2D eigenvalue weighted by atomic mass is 127. The Bertz CT molecular complexity index is 465. The molecule has 0 fully saturated rings. The zero-order chi connectivity index (χ0) is 12.1. The van der Waals surface area contributed by atoms with Gasteiger partial charge in [-0.2, -0.15) is 10.2 Å². The summed E-state index contributed by atoms with van der Waals surface area (Å²) >= 11 is 2.22. The predicted molar refractivity (Wildman–Crippen MR) is 73.9 cm³/mol. The molecule has 17 heavy (non-hydrogen) atoms. The van der Waals surface area contributed by atoms with Gasteiger partial charge in [0.1, 0.15) is 0 Å². The van der Waals surface area contributed by atoms with E-state index in [4.69, 9.17) is 0 Å². The molecule has 0 amide bonds. The molecule has 0 atom stereocenters. The van der Waals surface area contributed by atoms with Crippen molar-refractivity contribution < 1.29 is 0 Å². The smallest absolute Gasteiger partial charge is 0.175 e. The molecule has 0 aliphatic heterocycles. The summed E-state index contributed by atoms with van der Waals surface area (Å²) in [5.74, 6) is 0.743. The molecule has 2 aromatic heterocycles. The van der Waals surface area contributed by atoms with Crippen LogP contribution >= 0.6 is 22.6 Å². The van der Waals surface area contributed by atoms with Crippen molar-refractivity contribution in [2.24, 2.45) is 0 Å². The molecule has 2 rings (SSSR count). The van der Waals surface area contributed by atoms with Gasteiger partial charge in [0.05, 0.1) is 15.5 Å². The van der Waals surface area contributed by atoms with Crippen LogP contribution < -0.4 is 5.32 Å². The van der Waals surface area contributed by atoms with Crippen LogP contribution in [0.3, 0.4) is 0 Å². The van der Waals surface area contributed by atoms with E-state index in [0.717, 1.165) is 34.6 Å². The fourth-order valence-corrected chi connectivity index (χ4v) is 1.78. The molecule has 0 saturated heterocycles. The molecule has 5 nitrogen and oxygen atoms in total. The highest BCUT2D eigenvalue weighted by Crippen LogP contribution is 2.06. The van der Waals surface area contributed by atoms with E-state index in [1.165, 1.54) is 0 Å². The average molecular weight is 343 g/mol. The summed E-state index contributed by atoms with van der Waals surface area (Å²) in [6, 6.07) is 3.90. The Labute approximate surface area is 114 Å². The molecule has 0 aromatic carbocycles. The largest absolute Gasteiger partial charge is 0.311 e. The van der Waals surface area contributed by atoms with Gasteiger partial charge >= 0.3 is 0 Å². The van der Waals surface area contributed by atoms with Crippen molar-refractivity contribution in [1.82, 2.24) is 25.3 Å². The molecular weight excluding hydrogens is 329 g/mol. The third-order valence-electron chi connectivity index (χ3n) is 2.22. The minimum Gasteiger partial charge on any atom is -0.311 e. The van der Waals surface area contributed by atoms with Crippen molar-refractivity contribution in [3.05, 3.63) is 33.8 Å². The summed E-state index contributed by atoms with van der Waals surface area (Å²) in [5.41, 5.74) is 0.948. The first kappa shape index (κ1) is 12.4. The Morgan fingerprint density at radius 2 is 2.24 bits per heavy atom. The minimum atomic E-state index is 0.743. The van der Waals surface area contributed by atoms with E-state index in [9.17, 15) is 0 Å². The number of nitrogens with zero attached hydrogens (tertiary/aromatic N) is 4. The molecule has 0 saturated carbocycles. The maximum Gasteiger partial charge on any atom is 0.175 e. The van der Waals surface area contributed by atoms with Crippen molar-refractivity contribution in [3.8, 4) is 5.82 Å². The first-order valence-electron chi connectivity index (χ1n) is 5.53. The lowest BCUT2D eigenvalue weighted by Crippen LogP contribution is -2.15. The van der Waals surface area contributed by atoms with E-state index < -0.39 is 0 Å². The van der Waals surface area contributed by atoms with Gasteiger partial charge in [-0.3, -0.25) is 0 Å². The van der Waals surface area contributed by atoms with Gasteiger partial charge in [-0.1, -0.05) is 6.92 Å². The maximum atomic E-state index is 4.18. The molecule has 1 N–H and O–H groups in total. The van der Waals surface area contributed by atoms with Crippen molar-refractivity contribution >= 4 is 22.6 Å². The molecule has 0 spiro atoms. The molecule has 0 aliphatic rings. The fraction of sp³-hybridized carbons (Fsp3) is 0.364. The first-order chi connectivity index (χ1) is 8.29. The summed E-state index contributed by atoms with van der Waals surface area (Å²) in [5, 5.41) is 15.8. The number of halogens is 1. The van der Waals surface area contributed by atoms with E-state index >= 15 is 0 Å². The van der Waals surface area contributed by atoms with Gasteiger partial charge < -0.3 is 5.32 Å². The Balaban J connectivity index is 2.02. The molecular formula is C11H14IN5. The summed E-state index contributed by atoms with van der Waals surface area (Å²) in [6.45, 7) is 3.90. The standard InChI is InChI=1S/C11H14IN5/c1-2-5-13-7-10-3-4-11(16-15-10)17-8-9(12)6-14-17/h3-4,6,8,13H,2,5,7H2,1H3. The third kappa shape index (κ3) is 3.47. The van der Waals surface area contributed by atoms with Crippen LogP contribution in [0.2, 0.25) is 0 Å². The van der Waals surface area contributed by atoms with Gasteiger partial charge in [0.15, 0.2) is 5.82 Å². The average Bonchev–Trinajstić information content (AvgIpc) is 2.77. The minimum absolute atomic E-state index is 0.743. The van der Waals surface area contributed by atoms with Crippen LogP contribution in [0.5, 0.6) is 0 Å². The van der Waals surface area contributed by atoms with Gasteiger partial charge in [0.2, 0.25) is 0 Å². The summed E-state index contributed by atoms with van der Waals surface area (Å²) in [4.78, 5) is 0. The molecule has 6 heteroatoms. The Morgan fingerprint density at radius 1 is 1.35 bits per heavy atom. The third-order valence-corrected chi connectivity index (χ3v) is 2.78. The predicted octanol–water partition coefficient (Wildman–Crippen LogP) is 1.77. The van der Waals surface area contributed by atoms with Crippen molar-refractivity contribution in [2.45, 2.75) is 19.9 Å². The van der Waals surface area contributed by atoms with Gasteiger partial charge in [0.25, 0.3) is 0 Å². The first-order valence-corrected chi connectivity index (χ1v) is 6.61. The molecule has 90 valence electrons. The lowest BCUT2D eigenvalue weighted by molar-refractivity contribution is 0.653. The van der Waals surface area contributed by atoms with Crippen LogP contribution in [0.15, 0.2) is 24.5 Å². The molecule has 0 bridgehead atoms. The number of aromatic nitrogens is 4. The molecule has 2 heterocycles. The van der Waals surface area contributed by atoms with Crippen LogP contribution in [0.25, 0.3) is 5.82 Å². The Morgan fingerprint density at radius 3 is 2.82 bits per heavy atom. The Hall–Kier alpha value is -1.02. The molecule has 2 aromatic rings. The van der Waals surface area contributed by atoms with Crippen LogP contribution in [-0.4, -0.2) is 26.5 Å². The van der Waals surface area contributed by atoms with Crippen LogP contribution in [-0.2, 0) is 6.54 Å². The number of hydrogen-bond donors (Lipinski definition) is 1. The Kier molecular flexibility index (Phi) is 4.43. The van der Waals surface area contributed by atoms with Gasteiger partial charge in [-0.15, -0.1) is 5.10 Å². The van der Waals surface area contributed by atoms with Gasteiger partial charge in [0, 0.05) is 12.7 Å².